The molecule has 0 spiro atoms. The second kappa shape index (κ2) is 13.5. The van der Waals surface area contributed by atoms with Crippen LogP contribution in [0.15, 0.2) is 109 Å². The largest absolute Gasteiger partial charge is 2.00 e. The van der Waals surface area contributed by atoms with Gasteiger partial charge in [0.25, 0.3) is 0 Å². The van der Waals surface area contributed by atoms with E-state index in [0.29, 0.717) is 17.0 Å². The summed E-state index contributed by atoms with van der Waals surface area (Å²) in [5.74, 6) is 0. The number of halogens is 6. The third-order valence-corrected chi connectivity index (χ3v) is 6.46. The molecule has 0 bridgehead atoms. The van der Waals surface area contributed by atoms with Gasteiger partial charge in [-0.25, -0.2) is 0 Å². The topological polar surface area (TPSA) is 25.8 Å². The van der Waals surface area contributed by atoms with Gasteiger partial charge in [0.1, 0.15) is 0 Å². The van der Waals surface area contributed by atoms with Crippen molar-refractivity contribution < 1.29 is 47.4 Å². The molecular weight excluding hydrogens is 733 g/mol. The Morgan fingerprint density at radius 3 is 1.74 bits per heavy atom. The molecule has 1 atom stereocenters. The average Bonchev–Trinajstić information content (AvgIpc) is 2.97. The summed E-state index contributed by atoms with van der Waals surface area (Å²) in [4.78, 5) is 9.53. The van der Waals surface area contributed by atoms with Crippen molar-refractivity contribution in [2.75, 3.05) is 0 Å². The number of alkyl halides is 6. The fraction of sp³-hybridized carbons (Fsp3) is 0.152. The van der Waals surface area contributed by atoms with Crippen molar-refractivity contribution in [1.29, 1.82) is 0 Å². The first-order valence-electron chi connectivity index (χ1n) is 12.5. The summed E-state index contributed by atoms with van der Waals surface area (Å²) in [5, 5.41) is 0. The molecule has 0 fully saturated rings. The summed E-state index contributed by atoms with van der Waals surface area (Å²) in [6.07, 6.45) is -8.65. The minimum absolute atomic E-state index is 0. The van der Waals surface area contributed by atoms with Crippen molar-refractivity contribution in [3.05, 3.63) is 155 Å². The van der Waals surface area contributed by atoms with Crippen molar-refractivity contribution in [2.24, 2.45) is 0 Å². The first-order valence-corrected chi connectivity index (χ1v) is 12.5. The molecule has 0 aliphatic rings. The van der Waals surface area contributed by atoms with Crippen LogP contribution in [-0.2, 0) is 38.8 Å². The van der Waals surface area contributed by atoms with E-state index in [-0.39, 0.29) is 21.1 Å². The molecule has 0 saturated carbocycles. The molecule has 0 aliphatic carbocycles. The third-order valence-electron chi connectivity index (χ3n) is 6.46. The second-order valence-corrected chi connectivity index (χ2v) is 9.34. The van der Waals surface area contributed by atoms with E-state index in [9.17, 15) is 26.3 Å². The van der Waals surface area contributed by atoms with E-state index in [4.69, 9.17) is 9.97 Å². The summed E-state index contributed by atoms with van der Waals surface area (Å²) in [6.45, 7) is 3.96. The zero-order valence-corrected chi connectivity index (χ0v) is 24.6. The Morgan fingerprint density at radius 1 is 0.595 bits per heavy atom. The number of aromatic nitrogens is 2. The van der Waals surface area contributed by atoms with Crippen LogP contribution < -0.4 is 0 Å². The zero-order valence-electron chi connectivity index (χ0n) is 22.4. The summed E-state index contributed by atoms with van der Waals surface area (Å²) in [5.41, 5.74) is 2.06. The van der Waals surface area contributed by atoms with Crippen molar-refractivity contribution in [3.63, 3.8) is 0 Å². The summed E-state index contributed by atoms with van der Waals surface area (Å²) < 4.78 is 74.9. The Hall–Kier alpha value is -3.77. The predicted molar refractivity (Wildman–Crippen MR) is 145 cm³/mol. The molecule has 2 nitrogen and oxygen atoms in total. The van der Waals surface area contributed by atoms with Crippen LogP contribution in [0.4, 0.5) is 26.3 Å². The maximum Gasteiger partial charge on any atom is 2.00 e. The van der Waals surface area contributed by atoms with Gasteiger partial charge in [0.2, 0.25) is 0 Å². The summed E-state index contributed by atoms with van der Waals surface area (Å²) in [6, 6.07) is 34.3. The molecule has 3 aromatic carbocycles. The van der Waals surface area contributed by atoms with E-state index in [1.54, 1.807) is 6.07 Å². The molecule has 0 radical (unpaired) electrons. The van der Waals surface area contributed by atoms with E-state index in [0.717, 1.165) is 41.2 Å². The summed E-state index contributed by atoms with van der Waals surface area (Å²) in [7, 11) is 0. The molecule has 0 N–H and O–H groups in total. The van der Waals surface area contributed by atoms with Gasteiger partial charge in [0.05, 0.1) is 11.1 Å². The quantitative estimate of drug-likeness (QED) is 0.135. The van der Waals surface area contributed by atoms with Gasteiger partial charge in [-0.1, -0.05) is 54.1 Å². The van der Waals surface area contributed by atoms with E-state index in [2.05, 4.69) is 12.1 Å². The van der Waals surface area contributed by atoms with E-state index >= 15 is 0 Å². The predicted octanol–water partition coefficient (Wildman–Crippen LogP) is 9.13. The number of pyridine rings is 2. The fourth-order valence-corrected chi connectivity index (χ4v) is 4.25. The van der Waals surface area contributed by atoms with Gasteiger partial charge in [-0.3, -0.25) is 9.97 Å². The van der Waals surface area contributed by atoms with Crippen LogP contribution in [0, 0.1) is 19.1 Å². The van der Waals surface area contributed by atoms with Gasteiger partial charge in [-0.15, -0.1) is 29.8 Å². The molecule has 5 rings (SSSR count). The Labute approximate surface area is 254 Å². The van der Waals surface area contributed by atoms with Gasteiger partial charge < -0.3 is 0 Å². The first-order chi connectivity index (χ1) is 19.4. The molecule has 218 valence electrons. The Kier molecular flexibility index (Phi) is 10.5. The smallest absolute Gasteiger partial charge is 0.300 e. The van der Waals surface area contributed by atoms with Crippen molar-refractivity contribution in [2.45, 2.75) is 31.6 Å². The molecular formula is C33H24F6N2Pt. The van der Waals surface area contributed by atoms with Crippen LogP contribution in [0.3, 0.4) is 0 Å². The minimum atomic E-state index is -4.43. The van der Waals surface area contributed by atoms with Crippen LogP contribution in [0.2, 0.25) is 0 Å². The standard InChI is InChI=1S/C26H20F3N2.C7H4F3.Pt/c1-18-9-6-15-23(30-18)25(2,20-11-4-3-5-12-20)24-16-8-14-22(31-24)19-10-7-13-21(17-19)26(27,28)29;8-7(9,10)6-4-2-1-3-5-6;/h3-9,11-17H,1-2H3;2-5H;/q2*-1;+2. The maximum absolute atomic E-state index is 13.2. The van der Waals surface area contributed by atoms with Crippen molar-refractivity contribution in [3.8, 4) is 11.3 Å². The number of hydrogen-bond acceptors (Lipinski definition) is 2. The van der Waals surface area contributed by atoms with E-state index in [1.165, 1.54) is 18.2 Å². The normalized spacial score (nSPS) is 12.8. The summed E-state index contributed by atoms with van der Waals surface area (Å²) >= 11 is 0. The van der Waals surface area contributed by atoms with Crippen LogP contribution in [0.1, 0.15) is 40.7 Å². The van der Waals surface area contributed by atoms with Gasteiger partial charge in [0.15, 0.2) is 0 Å². The second-order valence-electron chi connectivity index (χ2n) is 9.34. The number of nitrogens with zero attached hydrogens (tertiary/aromatic N) is 2. The van der Waals surface area contributed by atoms with E-state index < -0.39 is 28.9 Å². The van der Waals surface area contributed by atoms with Gasteiger partial charge >= 0.3 is 33.4 Å². The van der Waals surface area contributed by atoms with Crippen LogP contribution in [0.25, 0.3) is 11.3 Å². The molecule has 9 heteroatoms. The first kappa shape index (κ1) is 32.7. The van der Waals surface area contributed by atoms with Crippen LogP contribution in [-0.4, -0.2) is 9.97 Å². The van der Waals surface area contributed by atoms with Crippen LogP contribution >= 0.6 is 0 Å². The maximum atomic E-state index is 13.2. The van der Waals surface area contributed by atoms with Crippen molar-refractivity contribution in [1.82, 2.24) is 9.97 Å². The number of benzene rings is 3. The molecule has 2 aromatic heterocycles. The fourth-order valence-electron chi connectivity index (χ4n) is 4.25. The van der Waals surface area contributed by atoms with E-state index in [1.807, 2.05) is 74.5 Å². The minimum Gasteiger partial charge on any atom is -0.300 e. The molecule has 0 aliphatic heterocycles. The molecule has 42 heavy (non-hydrogen) atoms. The molecule has 0 saturated heterocycles. The molecule has 0 amide bonds. The number of hydrogen-bond donors (Lipinski definition) is 0. The van der Waals surface area contributed by atoms with Crippen molar-refractivity contribution >= 4 is 0 Å². The van der Waals surface area contributed by atoms with Gasteiger partial charge in [-0.2, -0.15) is 56.7 Å². The average molecular weight is 758 g/mol. The monoisotopic (exact) mass is 757 g/mol. The Bertz CT molecular complexity index is 1590. The molecule has 1 unspecified atom stereocenters. The number of rotatable bonds is 4. The Morgan fingerprint density at radius 2 is 1.17 bits per heavy atom. The van der Waals surface area contributed by atoms with Gasteiger partial charge in [0, 0.05) is 11.4 Å². The SMILES string of the molecule is Cc1cccc(C(C)(c2ccccc2)c2cccc(-c3[c-]ccc(C(F)(F)F)c3)n2)n1.FC(F)(F)c1cc[c-]cc1.[Pt+2]. The Balaban J connectivity index is 0.000000374. The molecule has 2 heterocycles. The number of aryl methyl sites for hydroxylation is 1. The zero-order chi connectivity index (χ0) is 29.7. The third kappa shape index (κ3) is 7.74. The van der Waals surface area contributed by atoms with Crippen LogP contribution in [0.5, 0.6) is 0 Å². The molecule has 5 aromatic rings. The van der Waals surface area contributed by atoms with Gasteiger partial charge in [-0.05, 0) is 48.9 Å².